The summed E-state index contributed by atoms with van der Waals surface area (Å²) in [4.78, 5) is 11.8. The smallest absolute Gasteiger partial charge is 0.306 e. The van der Waals surface area contributed by atoms with E-state index in [1.807, 2.05) is 0 Å². The van der Waals surface area contributed by atoms with Crippen molar-refractivity contribution in [2.45, 2.75) is 72.3 Å². The standard InChI is InChI=1S/C15H26O2/c1-5-6-7-13(16)17-12-10-11-8-9-15(12,4)14(11,2)3/h11-12H,5-10H2,1-4H3/t11-,12-,15+/m0/s1. The van der Waals surface area contributed by atoms with Crippen LogP contribution in [0.3, 0.4) is 0 Å². The number of fused-ring (bicyclic) bond motifs is 2. The summed E-state index contributed by atoms with van der Waals surface area (Å²) in [6, 6.07) is 0. The van der Waals surface area contributed by atoms with Crippen molar-refractivity contribution in [3.05, 3.63) is 0 Å². The number of unbranched alkanes of at least 4 members (excludes halogenated alkanes) is 1. The molecule has 2 rings (SSSR count). The minimum absolute atomic E-state index is 0.0152. The minimum Gasteiger partial charge on any atom is -0.462 e. The van der Waals surface area contributed by atoms with Crippen LogP contribution in [0, 0.1) is 16.7 Å². The SMILES string of the molecule is CCCCC(=O)O[C@H]1C[C@@H]2CC[C@@]1(C)C2(C)C. The number of rotatable bonds is 4. The number of esters is 1. The van der Waals surface area contributed by atoms with Gasteiger partial charge in [0.15, 0.2) is 0 Å². The fraction of sp³-hybridized carbons (Fsp3) is 0.933. The second-order valence-corrected chi connectivity index (χ2v) is 6.69. The van der Waals surface area contributed by atoms with Crippen LogP contribution in [0.2, 0.25) is 0 Å². The van der Waals surface area contributed by atoms with Gasteiger partial charge < -0.3 is 4.74 Å². The molecule has 0 N–H and O–H groups in total. The van der Waals surface area contributed by atoms with Crippen LogP contribution in [0.15, 0.2) is 0 Å². The van der Waals surface area contributed by atoms with Crippen molar-refractivity contribution < 1.29 is 9.53 Å². The highest BCUT2D eigenvalue weighted by Gasteiger charge is 2.62. The third-order valence-electron chi connectivity index (χ3n) is 5.72. The minimum atomic E-state index is 0.0152. The molecule has 0 spiro atoms. The summed E-state index contributed by atoms with van der Waals surface area (Å²) in [6.45, 7) is 9.13. The molecule has 0 amide bonds. The molecule has 2 nitrogen and oxygen atoms in total. The molecule has 0 aromatic carbocycles. The predicted molar refractivity (Wildman–Crippen MR) is 68.6 cm³/mol. The van der Waals surface area contributed by atoms with Gasteiger partial charge in [-0.3, -0.25) is 4.79 Å². The van der Waals surface area contributed by atoms with Gasteiger partial charge in [-0.1, -0.05) is 34.1 Å². The van der Waals surface area contributed by atoms with Crippen LogP contribution >= 0.6 is 0 Å². The van der Waals surface area contributed by atoms with E-state index in [-0.39, 0.29) is 17.5 Å². The Bertz CT molecular complexity index is 308. The first-order chi connectivity index (χ1) is 7.91. The van der Waals surface area contributed by atoms with E-state index in [1.54, 1.807) is 0 Å². The molecule has 2 aliphatic rings. The fourth-order valence-electron chi connectivity index (χ4n) is 3.85. The molecule has 2 bridgehead atoms. The Kier molecular flexibility index (Phi) is 3.26. The van der Waals surface area contributed by atoms with Crippen molar-refractivity contribution in [2.24, 2.45) is 16.7 Å². The second kappa shape index (κ2) is 4.29. The summed E-state index contributed by atoms with van der Waals surface area (Å²) in [6.07, 6.45) is 6.39. The molecule has 0 heterocycles. The quantitative estimate of drug-likeness (QED) is 0.694. The molecule has 17 heavy (non-hydrogen) atoms. The molecule has 0 radical (unpaired) electrons. The zero-order valence-electron chi connectivity index (χ0n) is 11.7. The van der Waals surface area contributed by atoms with Crippen molar-refractivity contribution >= 4 is 5.97 Å². The van der Waals surface area contributed by atoms with E-state index in [0.717, 1.165) is 25.2 Å². The van der Waals surface area contributed by atoms with Crippen LogP contribution in [-0.2, 0) is 9.53 Å². The largest absolute Gasteiger partial charge is 0.462 e. The van der Waals surface area contributed by atoms with Gasteiger partial charge in [-0.05, 0) is 37.0 Å². The molecule has 2 aliphatic carbocycles. The lowest BCUT2D eigenvalue weighted by Crippen LogP contribution is -2.38. The Balaban J connectivity index is 1.98. The normalized spacial score (nSPS) is 38.4. The molecule has 2 saturated carbocycles. The number of hydrogen-bond donors (Lipinski definition) is 0. The lowest BCUT2D eigenvalue weighted by atomic mass is 9.70. The first-order valence-corrected chi connectivity index (χ1v) is 7.11. The maximum Gasteiger partial charge on any atom is 0.306 e. The van der Waals surface area contributed by atoms with Crippen LogP contribution in [-0.4, -0.2) is 12.1 Å². The third kappa shape index (κ3) is 1.90. The fourth-order valence-corrected chi connectivity index (χ4v) is 3.85. The topological polar surface area (TPSA) is 26.3 Å². The van der Waals surface area contributed by atoms with E-state index in [9.17, 15) is 4.79 Å². The molecule has 0 saturated heterocycles. The van der Waals surface area contributed by atoms with Crippen LogP contribution in [0.5, 0.6) is 0 Å². The molecular weight excluding hydrogens is 212 g/mol. The van der Waals surface area contributed by atoms with Gasteiger partial charge in [0.1, 0.15) is 6.10 Å². The van der Waals surface area contributed by atoms with Gasteiger partial charge in [-0.25, -0.2) is 0 Å². The number of hydrogen-bond acceptors (Lipinski definition) is 2. The Morgan fingerprint density at radius 3 is 2.53 bits per heavy atom. The summed E-state index contributed by atoms with van der Waals surface area (Å²) in [5.41, 5.74) is 0.544. The number of carbonyl (C=O) groups is 1. The van der Waals surface area contributed by atoms with Crippen molar-refractivity contribution in [3.8, 4) is 0 Å². The average molecular weight is 238 g/mol. The monoisotopic (exact) mass is 238 g/mol. The Morgan fingerprint density at radius 2 is 2.06 bits per heavy atom. The zero-order valence-corrected chi connectivity index (χ0v) is 11.7. The van der Waals surface area contributed by atoms with Crippen molar-refractivity contribution in [1.29, 1.82) is 0 Å². The molecule has 0 aromatic heterocycles. The van der Waals surface area contributed by atoms with E-state index in [1.165, 1.54) is 12.8 Å². The van der Waals surface area contributed by atoms with E-state index < -0.39 is 0 Å². The lowest BCUT2D eigenvalue weighted by Gasteiger charge is -2.38. The van der Waals surface area contributed by atoms with Crippen LogP contribution in [0.25, 0.3) is 0 Å². The molecule has 0 aliphatic heterocycles. The highest BCUT2D eigenvalue weighted by Crippen LogP contribution is 2.66. The maximum atomic E-state index is 11.8. The van der Waals surface area contributed by atoms with E-state index in [4.69, 9.17) is 4.74 Å². The van der Waals surface area contributed by atoms with Crippen molar-refractivity contribution in [3.63, 3.8) is 0 Å². The molecule has 2 fully saturated rings. The van der Waals surface area contributed by atoms with E-state index >= 15 is 0 Å². The summed E-state index contributed by atoms with van der Waals surface area (Å²) in [7, 11) is 0. The van der Waals surface area contributed by atoms with E-state index in [0.29, 0.717) is 11.8 Å². The first-order valence-electron chi connectivity index (χ1n) is 7.11. The summed E-state index contributed by atoms with van der Waals surface area (Å²) < 4.78 is 5.75. The van der Waals surface area contributed by atoms with Gasteiger partial charge in [0.25, 0.3) is 0 Å². The Labute approximate surface area is 105 Å². The molecular formula is C15H26O2. The number of ether oxygens (including phenoxy) is 1. The molecule has 98 valence electrons. The molecule has 3 atom stereocenters. The second-order valence-electron chi connectivity index (χ2n) is 6.69. The third-order valence-corrected chi connectivity index (χ3v) is 5.72. The predicted octanol–water partition coefficient (Wildman–Crippen LogP) is 3.93. The van der Waals surface area contributed by atoms with Gasteiger partial charge in [0.05, 0.1) is 0 Å². The Hall–Kier alpha value is -0.530. The molecule has 0 unspecified atom stereocenters. The van der Waals surface area contributed by atoms with Crippen molar-refractivity contribution in [2.75, 3.05) is 0 Å². The van der Waals surface area contributed by atoms with Gasteiger partial charge >= 0.3 is 5.97 Å². The maximum absolute atomic E-state index is 11.8. The zero-order chi connectivity index (χ0) is 12.7. The first kappa shape index (κ1) is 12.9. The summed E-state index contributed by atoms with van der Waals surface area (Å²) in [5.74, 6) is 0.762. The van der Waals surface area contributed by atoms with Crippen LogP contribution in [0.1, 0.15) is 66.2 Å². The average Bonchev–Trinajstić information content (AvgIpc) is 2.59. The van der Waals surface area contributed by atoms with Gasteiger partial charge in [-0.15, -0.1) is 0 Å². The highest BCUT2D eigenvalue weighted by molar-refractivity contribution is 5.69. The van der Waals surface area contributed by atoms with Gasteiger partial charge in [-0.2, -0.15) is 0 Å². The molecule has 0 aromatic rings. The van der Waals surface area contributed by atoms with Gasteiger partial charge in [0, 0.05) is 11.8 Å². The highest BCUT2D eigenvalue weighted by atomic mass is 16.5. The molecule has 2 heteroatoms. The lowest BCUT2D eigenvalue weighted by molar-refractivity contribution is -0.157. The number of carbonyl (C=O) groups excluding carboxylic acids is 1. The van der Waals surface area contributed by atoms with Gasteiger partial charge in [0.2, 0.25) is 0 Å². The van der Waals surface area contributed by atoms with Crippen LogP contribution < -0.4 is 0 Å². The van der Waals surface area contributed by atoms with Crippen LogP contribution in [0.4, 0.5) is 0 Å². The van der Waals surface area contributed by atoms with Crippen molar-refractivity contribution in [1.82, 2.24) is 0 Å². The summed E-state index contributed by atoms with van der Waals surface area (Å²) in [5, 5.41) is 0. The van der Waals surface area contributed by atoms with E-state index in [2.05, 4.69) is 27.7 Å². The summed E-state index contributed by atoms with van der Waals surface area (Å²) >= 11 is 0. The Morgan fingerprint density at radius 1 is 1.35 bits per heavy atom.